The lowest BCUT2D eigenvalue weighted by atomic mass is 10.2. The molecule has 0 atom stereocenters. The van der Waals surface area contributed by atoms with Gasteiger partial charge in [0.25, 0.3) is 11.8 Å². The number of aromatic amines is 2. The molecule has 0 saturated heterocycles. The maximum atomic E-state index is 11.4. The van der Waals surface area contributed by atoms with Crippen LogP contribution in [0, 0.1) is 0 Å². The zero-order valence-corrected chi connectivity index (χ0v) is 18.5. The van der Waals surface area contributed by atoms with E-state index in [1.54, 1.807) is 30.3 Å². The van der Waals surface area contributed by atoms with E-state index in [4.69, 9.17) is 5.84 Å². The number of H-pyrrole nitrogens is 2. The minimum absolute atomic E-state index is 0.0613. The van der Waals surface area contributed by atoms with Gasteiger partial charge in [0.1, 0.15) is 0 Å². The molecule has 0 unspecified atom stereocenters. The number of carbonyl (C=O) groups is 3. The van der Waals surface area contributed by atoms with E-state index in [-0.39, 0.29) is 30.3 Å². The number of hydrogen-bond acceptors (Lipinski definition) is 8. The number of azo groups is 2. The first-order valence-electron chi connectivity index (χ1n) is 10.3. The minimum Gasteiger partial charge on any atom is -0.493 e. The molecule has 4 rings (SSSR count). The first-order valence-corrected chi connectivity index (χ1v) is 10.3. The number of fused-ring (bicyclic) bond motifs is 2. The van der Waals surface area contributed by atoms with E-state index in [1.807, 2.05) is 23.6 Å². The summed E-state index contributed by atoms with van der Waals surface area (Å²) in [5.74, 6) is 3.21. The van der Waals surface area contributed by atoms with Crippen molar-refractivity contribution < 1.29 is 24.6 Å². The number of rotatable bonds is 5. The van der Waals surface area contributed by atoms with Crippen LogP contribution in [-0.2, 0) is 14.4 Å². The number of aromatic hydroxyl groups is 2. The van der Waals surface area contributed by atoms with E-state index >= 15 is 0 Å². The van der Waals surface area contributed by atoms with Crippen LogP contribution in [0.3, 0.4) is 0 Å². The van der Waals surface area contributed by atoms with Gasteiger partial charge in [-0.05, 0) is 12.1 Å². The molecule has 3 amide bonds. The van der Waals surface area contributed by atoms with Crippen LogP contribution in [0.4, 0.5) is 11.4 Å². The Hall–Kier alpha value is -4.91. The second-order valence-corrected chi connectivity index (χ2v) is 7.12. The van der Waals surface area contributed by atoms with E-state index in [9.17, 15) is 24.6 Å². The van der Waals surface area contributed by atoms with Crippen molar-refractivity contribution in [1.29, 1.82) is 0 Å². The summed E-state index contributed by atoms with van der Waals surface area (Å²) in [7, 11) is 0. The molecule has 13 heteroatoms. The molecule has 2 aromatic carbocycles. The van der Waals surface area contributed by atoms with Gasteiger partial charge in [-0.3, -0.25) is 19.8 Å². The number of aromatic nitrogens is 2. The normalized spacial score (nSPS) is 11.1. The Kier molecular flexibility index (Phi) is 7.98. The van der Waals surface area contributed by atoms with E-state index in [2.05, 4.69) is 30.4 Å². The van der Waals surface area contributed by atoms with Gasteiger partial charge >= 0.3 is 0 Å². The monoisotopic (exact) mass is 478 g/mol. The first-order chi connectivity index (χ1) is 16.8. The Morgan fingerprint density at radius 3 is 1.80 bits per heavy atom. The van der Waals surface area contributed by atoms with Crippen molar-refractivity contribution in [2.24, 2.45) is 26.3 Å². The quantitative estimate of drug-likeness (QED) is 0.109. The lowest BCUT2D eigenvalue weighted by molar-refractivity contribution is -0.125. The van der Waals surface area contributed by atoms with E-state index in [0.29, 0.717) is 16.6 Å². The van der Waals surface area contributed by atoms with Crippen LogP contribution in [0.25, 0.3) is 21.8 Å². The molecular weight excluding hydrogens is 456 g/mol. The van der Waals surface area contributed by atoms with Crippen LogP contribution < -0.4 is 11.3 Å². The summed E-state index contributed by atoms with van der Waals surface area (Å²) >= 11 is 0. The first kappa shape index (κ1) is 24.7. The molecule has 0 fully saturated rings. The zero-order chi connectivity index (χ0) is 25.4. The molecule has 0 aliphatic carbocycles. The van der Waals surface area contributed by atoms with Gasteiger partial charge in [0, 0.05) is 30.5 Å². The fourth-order valence-corrected chi connectivity index (χ4v) is 3.00. The standard InChI is InChI=1S/C12H13N5O3.C10H9N3O2/c13-15-9(18)5-6-10(19)16-17-11-7-3-1-2-4-8(7)14-12(11)20;1-6(14)12-13-9-7-4-2-3-5-8(7)11-10(9)15/h1-4,14,20H,5-6,13H2,(H,15,18);2-5,11,15H,1H3. The third kappa shape index (κ3) is 6.33. The maximum absolute atomic E-state index is 11.4. The molecule has 0 aliphatic rings. The summed E-state index contributed by atoms with van der Waals surface area (Å²) in [5, 5.41) is 34.9. The highest BCUT2D eigenvalue weighted by molar-refractivity contribution is 5.95. The number of para-hydroxylation sites is 2. The Balaban J connectivity index is 0.000000203. The van der Waals surface area contributed by atoms with Crippen molar-refractivity contribution in [2.45, 2.75) is 19.8 Å². The lowest BCUT2D eigenvalue weighted by Crippen LogP contribution is -2.30. The number of hydrogen-bond donors (Lipinski definition) is 6. The molecular formula is C22H22N8O5. The Bertz CT molecular complexity index is 1440. The molecule has 4 aromatic rings. The number of amides is 3. The number of benzene rings is 2. The van der Waals surface area contributed by atoms with Crippen LogP contribution >= 0.6 is 0 Å². The molecule has 2 aromatic heterocycles. The third-order valence-corrected chi connectivity index (χ3v) is 4.60. The van der Waals surface area contributed by atoms with Gasteiger partial charge in [-0.1, -0.05) is 36.4 Å². The average Bonchev–Trinajstić information content (AvgIpc) is 3.34. The Labute approximate surface area is 197 Å². The van der Waals surface area contributed by atoms with Gasteiger partial charge in [-0.15, -0.1) is 20.5 Å². The fourth-order valence-electron chi connectivity index (χ4n) is 3.00. The maximum Gasteiger partial charge on any atom is 0.265 e. The number of nitrogens with one attached hydrogen (secondary N) is 3. The molecule has 0 aliphatic heterocycles. The second kappa shape index (κ2) is 11.3. The van der Waals surface area contributed by atoms with E-state index in [0.717, 1.165) is 10.9 Å². The van der Waals surface area contributed by atoms with Gasteiger partial charge in [0.05, 0.1) is 11.0 Å². The second-order valence-electron chi connectivity index (χ2n) is 7.12. The van der Waals surface area contributed by atoms with Gasteiger partial charge < -0.3 is 20.2 Å². The predicted molar refractivity (Wildman–Crippen MR) is 126 cm³/mol. The lowest BCUT2D eigenvalue weighted by Gasteiger charge is -1.95. The van der Waals surface area contributed by atoms with Crippen LogP contribution in [0.2, 0.25) is 0 Å². The predicted octanol–water partition coefficient (Wildman–Crippen LogP) is 3.76. The molecule has 13 nitrogen and oxygen atoms in total. The summed E-state index contributed by atoms with van der Waals surface area (Å²) in [4.78, 5) is 38.4. The minimum atomic E-state index is -0.571. The van der Waals surface area contributed by atoms with Crippen molar-refractivity contribution in [2.75, 3.05) is 0 Å². The van der Waals surface area contributed by atoms with E-state index < -0.39 is 17.7 Å². The molecule has 180 valence electrons. The summed E-state index contributed by atoms with van der Waals surface area (Å²) in [6.45, 7) is 1.30. The SMILES string of the molecule is CC(=O)N=Nc1c(O)[nH]c2ccccc12.NNC(=O)CCC(=O)N=Nc1c(O)[nH]c2ccccc12. The molecule has 0 bridgehead atoms. The van der Waals surface area contributed by atoms with Gasteiger partial charge in [-0.25, -0.2) is 5.84 Å². The highest BCUT2D eigenvalue weighted by atomic mass is 16.3. The highest BCUT2D eigenvalue weighted by Crippen LogP contribution is 2.36. The number of hydrazine groups is 1. The molecule has 0 radical (unpaired) electrons. The highest BCUT2D eigenvalue weighted by Gasteiger charge is 2.11. The molecule has 0 spiro atoms. The summed E-state index contributed by atoms with van der Waals surface area (Å²) < 4.78 is 0. The Morgan fingerprint density at radius 2 is 1.31 bits per heavy atom. The van der Waals surface area contributed by atoms with Crippen molar-refractivity contribution in [3.63, 3.8) is 0 Å². The number of carbonyl (C=O) groups excluding carboxylic acids is 3. The van der Waals surface area contributed by atoms with Gasteiger partial charge in [0.15, 0.2) is 11.4 Å². The van der Waals surface area contributed by atoms with Crippen molar-refractivity contribution >= 4 is 50.9 Å². The van der Waals surface area contributed by atoms with Crippen molar-refractivity contribution in [3.8, 4) is 11.8 Å². The smallest absolute Gasteiger partial charge is 0.265 e. The largest absolute Gasteiger partial charge is 0.493 e. The third-order valence-electron chi connectivity index (χ3n) is 4.60. The zero-order valence-electron chi connectivity index (χ0n) is 18.5. The van der Waals surface area contributed by atoms with Crippen molar-refractivity contribution in [1.82, 2.24) is 15.4 Å². The van der Waals surface area contributed by atoms with Crippen LogP contribution in [0.1, 0.15) is 19.8 Å². The van der Waals surface area contributed by atoms with Gasteiger partial charge in [0.2, 0.25) is 17.7 Å². The van der Waals surface area contributed by atoms with Crippen LogP contribution in [0.5, 0.6) is 11.8 Å². The van der Waals surface area contributed by atoms with Crippen molar-refractivity contribution in [3.05, 3.63) is 48.5 Å². The fraction of sp³-hybridized carbons (Fsp3) is 0.136. The van der Waals surface area contributed by atoms with Gasteiger partial charge in [-0.2, -0.15) is 0 Å². The molecule has 35 heavy (non-hydrogen) atoms. The molecule has 2 heterocycles. The molecule has 7 N–H and O–H groups in total. The summed E-state index contributed by atoms with van der Waals surface area (Å²) in [6, 6.07) is 14.3. The average molecular weight is 478 g/mol. The topological polar surface area (TPSA) is 211 Å². The van der Waals surface area contributed by atoms with E-state index in [1.165, 1.54) is 6.92 Å². The van der Waals surface area contributed by atoms with Crippen LogP contribution in [-0.4, -0.2) is 37.9 Å². The Morgan fingerprint density at radius 1 is 0.829 bits per heavy atom. The summed E-state index contributed by atoms with van der Waals surface area (Å²) in [6.07, 6.45) is -0.163. The van der Waals surface area contributed by atoms with Crippen LogP contribution in [0.15, 0.2) is 69.0 Å². The molecule has 0 saturated carbocycles. The summed E-state index contributed by atoms with van der Waals surface area (Å²) in [5.41, 5.74) is 3.84. The number of nitrogens with two attached hydrogens (primary N) is 1. The number of nitrogens with zero attached hydrogens (tertiary/aromatic N) is 4.